The SMILES string of the molecule is Cc1cccc(-c2ccc(C3=NNC(c4cccc(C)n4)CC3)[nH]2)n1.[B]. The molecule has 3 radical (unpaired) electrons. The van der Waals surface area contributed by atoms with Gasteiger partial charge in [-0.15, -0.1) is 0 Å². The van der Waals surface area contributed by atoms with Crippen molar-refractivity contribution in [3.8, 4) is 11.4 Å². The first-order valence-electron chi connectivity index (χ1n) is 8.58. The van der Waals surface area contributed by atoms with Gasteiger partial charge in [-0.1, -0.05) is 12.1 Å². The standard InChI is InChI=1S/C20H21N5.B/c1-13-5-3-7-15(21-13)17-9-10-18(23-17)20-12-11-19(24-25-20)16-8-4-6-14(2)22-16;/h3-10,19,23-24H,11-12H2,1-2H3;. The van der Waals surface area contributed by atoms with Gasteiger partial charge in [0.2, 0.25) is 0 Å². The van der Waals surface area contributed by atoms with Gasteiger partial charge >= 0.3 is 0 Å². The van der Waals surface area contributed by atoms with Crippen molar-refractivity contribution in [1.29, 1.82) is 0 Å². The van der Waals surface area contributed by atoms with Crippen molar-refractivity contribution in [2.75, 3.05) is 0 Å². The zero-order valence-corrected chi connectivity index (χ0v) is 15.0. The molecule has 0 saturated carbocycles. The number of aromatic amines is 1. The Balaban J connectivity index is 0.00000196. The number of H-pyrrole nitrogens is 1. The summed E-state index contributed by atoms with van der Waals surface area (Å²) in [6, 6.07) is 16.5. The lowest BCUT2D eigenvalue weighted by atomic mass is 10.0. The molecule has 0 aliphatic carbocycles. The average Bonchev–Trinajstić information content (AvgIpc) is 3.12. The minimum atomic E-state index is 0. The maximum atomic E-state index is 4.60. The Morgan fingerprint density at radius 3 is 2.31 bits per heavy atom. The second-order valence-corrected chi connectivity index (χ2v) is 6.43. The van der Waals surface area contributed by atoms with Crippen LogP contribution in [0.2, 0.25) is 0 Å². The third-order valence-electron chi connectivity index (χ3n) is 4.45. The fourth-order valence-electron chi connectivity index (χ4n) is 3.13. The summed E-state index contributed by atoms with van der Waals surface area (Å²) < 4.78 is 0. The third kappa shape index (κ3) is 3.69. The molecular formula is C20H21BN5. The maximum Gasteiger partial charge on any atom is 0.0867 e. The summed E-state index contributed by atoms with van der Waals surface area (Å²) in [4.78, 5) is 12.6. The highest BCUT2D eigenvalue weighted by Crippen LogP contribution is 2.24. The van der Waals surface area contributed by atoms with Crippen LogP contribution in [0.15, 0.2) is 53.6 Å². The van der Waals surface area contributed by atoms with E-state index in [2.05, 4.69) is 43.7 Å². The van der Waals surface area contributed by atoms with E-state index >= 15 is 0 Å². The molecule has 6 heteroatoms. The van der Waals surface area contributed by atoms with E-state index in [0.717, 1.165) is 52.7 Å². The number of pyridine rings is 2. The Morgan fingerprint density at radius 2 is 1.62 bits per heavy atom. The maximum absolute atomic E-state index is 4.60. The molecule has 0 spiro atoms. The highest BCUT2D eigenvalue weighted by Gasteiger charge is 2.20. The van der Waals surface area contributed by atoms with Gasteiger partial charge in [0, 0.05) is 19.8 Å². The predicted octanol–water partition coefficient (Wildman–Crippen LogP) is 3.54. The van der Waals surface area contributed by atoms with Crippen LogP contribution in [0.3, 0.4) is 0 Å². The van der Waals surface area contributed by atoms with Gasteiger partial charge in [0.15, 0.2) is 0 Å². The molecule has 1 atom stereocenters. The molecule has 0 amide bonds. The number of nitrogens with one attached hydrogen (secondary N) is 2. The lowest BCUT2D eigenvalue weighted by Crippen LogP contribution is -2.25. The van der Waals surface area contributed by atoms with Gasteiger partial charge in [0.25, 0.3) is 0 Å². The Hall–Kier alpha value is -2.89. The molecule has 3 aromatic rings. The molecule has 5 nitrogen and oxygen atoms in total. The zero-order valence-electron chi connectivity index (χ0n) is 15.0. The van der Waals surface area contributed by atoms with Crippen molar-refractivity contribution in [2.45, 2.75) is 32.7 Å². The molecule has 129 valence electrons. The van der Waals surface area contributed by atoms with Crippen molar-refractivity contribution >= 4 is 14.1 Å². The fourth-order valence-corrected chi connectivity index (χ4v) is 3.13. The molecule has 1 aliphatic heterocycles. The summed E-state index contributed by atoms with van der Waals surface area (Å²) in [5, 5.41) is 4.59. The number of hydrogen-bond acceptors (Lipinski definition) is 4. The summed E-state index contributed by atoms with van der Waals surface area (Å²) in [6.07, 6.45) is 1.89. The molecule has 4 heterocycles. The Bertz CT molecular complexity index is 931. The summed E-state index contributed by atoms with van der Waals surface area (Å²) in [6.45, 7) is 4.02. The molecular weight excluding hydrogens is 321 g/mol. The van der Waals surface area contributed by atoms with E-state index in [9.17, 15) is 0 Å². The summed E-state index contributed by atoms with van der Waals surface area (Å²) in [7, 11) is 0. The summed E-state index contributed by atoms with van der Waals surface area (Å²) in [5.41, 5.74) is 10.4. The Labute approximate surface area is 155 Å². The molecule has 0 saturated heterocycles. The predicted molar refractivity (Wildman–Crippen MR) is 105 cm³/mol. The van der Waals surface area contributed by atoms with Crippen LogP contribution in [-0.4, -0.2) is 29.1 Å². The number of rotatable bonds is 3. The molecule has 0 fully saturated rings. The fraction of sp³-hybridized carbons (Fsp3) is 0.250. The van der Waals surface area contributed by atoms with Gasteiger partial charge < -0.3 is 10.4 Å². The zero-order chi connectivity index (χ0) is 17.2. The first kappa shape index (κ1) is 17.9. The topological polar surface area (TPSA) is 66.0 Å². The average molecular weight is 342 g/mol. The van der Waals surface area contributed by atoms with Gasteiger partial charge in [-0.05, 0) is 63.1 Å². The van der Waals surface area contributed by atoms with Crippen LogP contribution in [0.5, 0.6) is 0 Å². The lowest BCUT2D eigenvalue weighted by Gasteiger charge is -2.22. The van der Waals surface area contributed by atoms with E-state index in [1.54, 1.807) is 0 Å². The van der Waals surface area contributed by atoms with Gasteiger partial charge in [0.1, 0.15) is 0 Å². The first-order valence-corrected chi connectivity index (χ1v) is 8.58. The summed E-state index contributed by atoms with van der Waals surface area (Å²) in [5.74, 6) is 0. The van der Waals surface area contributed by atoms with Crippen LogP contribution in [0.1, 0.15) is 41.7 Å². The quantitative estimate of drug-likeness (QED) is 0.716. The highest BCUT2D eigenvalue weighted by molar-refractivity contribution is 5.99. The van der Waals surface area contributed by atoms with Crippen LogP contribution in [0.25, 0.3) is 11.4 Å². The van der Waals surface area contributed by atoms with Gasteiger partial charge in [-0.2, -0.15) is 5.10 Å². The second-order valence-electron chi connectivity index (χ2n) is 6.43. The van der Waals surface area contributed by atoms with Crippen LogP contribution in [0.4, 0.5) is 0 Å². The number of nitrogens with zero attached hydrogens (tertiary/aromatic N) is 3. The normalized spacial score (nSPS) is 16.4. The monoisotopic (exact) mass is 342 g/mol. The number of hydrogen-bond donors (Lipinski definition) is 2. The van der Waals surface area contributed by atoms with Crippen molar-refractivity contribution in [3.63, 3.8) is 0 Å². The molecule has 4 rings (SSSR count). The molecule has 1 unspecified atom stereocenters. The molecule has 26 heavy (non-hydrogen) atoms. The largest absolute Gasteiger partial charge is 0.352 e. The Kier molecular flexibility index (Phi) is 5.21. The van der Waals surface area contributed by atoms with Crippen LogP contribution < -0.4 is 5.43 Å². The van der Waals surface area contributed by atoms with Gasteiger partial charge in [0.05, 0.1) is 34.5 Å². The molecule has 1 aliphatic rings. The van der Waals surface area contributed by atoms with Gasteiger partial charge in [-0.25, -0.2) is 0 Å². The molecule has 0 bridgehead atoms. The molecule has 2 N–H and O–H groups in total. The second kappa shape index (κ2) is 7.56. The van der Waals surface area contributed by atoms with E-state index in [1.165, 1.54) is 0 Å². The van der Waals surface area contributed by atoms with Crippen LogP contribution in [0, 0.1) is 13.8 Å². The number of aryl methyl sites for hydroxylation is 2. The molecule has 0 aromatic carbocycles. The number of hydrazone groups is 1. The Morgan fingerprint density at radius 1 is 0.885 bits per heavy atom. The highest BCUT2D eigenvalue weighted by atomic mass is 15.3. The van der Waals surface area contributed by atoms with E-state index in [1.807, 2.05) is 44.2 Å². The van der Waals surface area contributed by atoms with Crippen molar-refractivity contribution in [3.05, 3.63) is 71.3 Å². The number of aromatic nitrogens is 3. The van der Waals surface area contributed by atoms with E-state index < -0.39 is 0 Å². The van der Waals surface area contributed by atoms with Crippen molar-refractivity contribution < 1.29 is 0 Å². The van der Waals surface area contributed by atoms with Gasteiger partial charge in [-0.3, -0.25) is 9.97 Å². The minimum Gasteiger partial charge on any atom is -0.352 e. The summed E-state index contributed by atoms with van der Waals surface area (Å²) >= 11 is 0. The van der Waals surface area contributed by atoms with Crippen molar-refractivity contribution in [2.24, 2.45) is 5.10 Å². The van der Waals surface area contributed by atoms with Crippen LogP contribution >= 0.6 is 0 Å². The smallest absolute Gasteiger partial charge is 0.0867 e. The third-order valence-corrected chi connectivity index (χ3v) is 4.45. The van der Waals surface area contributed by atoms with E-state index in [4.69, 9.17) is 0 Å². The van der Waals surface area contributed by atoms with E-state index in [0.29, 0.717) is 0 Å². The van der Waals surface area contributed by atoms with Crippen LogP contribution in [-0.2, 0) is 0 Å². The lowest BCUT2D eigenvalue weighted by molar-refractivity contribution is 0.492. The molecule has 3 aromatic heterocycles. The first-order chi connectivity index (χ1) is 12.2. The van der Waals surface area contributed by atoms with E-state index in [-0.39, 0.29) is 14.5 Å². The minimum absolute atomic E-state index is 0. The van der Waals surface area contributed by atoms with Crippen molar-refractivity contribution in [1.82, 2.24) is 20.4 Å².